The van der Waals surface area contributed by atoms with E-state index in [1.807, 2.05) is 19.1 Å². The lowest BCUT2D eigenvalue weighted by atomic mass is 9.91. The van der Waals surface area contributed by atoms with Crippen LogP contribution in [0.15, 0.2) is 54.6 Å². The first-order valence-corrected chi connectivity index (χ1v) is 12.9. The van der Waals surface area contributed by atoms with E-state index in [4.69, 9.17) is 5.10 Å². The molecule has 1 fully saturated rings. The van der Waals surface area contributed by atoms with Crippen LogP contribution in [0.5, 0.6) is 0 Å². The van der Waals surface area contributed by atoms with Crippen LogP contribution in [0.25, 0.3) is 11.3 Å². The van der Waals surface area contributed by atoms with Gasteiger partial charge in [0.1, 0.15) is 17.1 Å². The van der Waals surface area contributed by atoms with Gasteiger partial charge in [-0.1, -0.05) is 62.6 Å². The molecule has 1 aliphatic heterocycles. The van der Waals surface area contributed by atoms with Gasteiger partial charge >= 0.3 is 0 Å². The van der Waals surface area contributed by atoms with Crippen LogP contribution in [0.3, 0.4) is 0 Å². The first-order valence-electron chi connectivity index (χ1n) is 12.9. The first-order chi connectivity index (χ1) is 17.4. The van der Waals surface area contributed by atoms with Crippen LogP contribution in [-0.2, 0) is 24.3 Å². The largest absolute Gasteiger partial charge is 0.351 e. The van der Waals surface area contributed by atoms with Crippen molar-refractivity contribution in [2.45, 2.75) is 77.0 Å². The predicted octanol–water partition coefficient (Wildman–Crippen LogP) is 5.12. The third-order valence-electron chi connectivity index (χ3n) is 7.64. The minimum atomic E-state index is -1.13. The molecule has 3 aromatic rings. The molecule has 1 aliphatic carbocycles. The predicted molar refractivity (Wildman–Crippen MR) is 137 cm³/mol. The highest BCUT2D eigenvalue weighted by Crippen LogP contribution is 2.32. The summed E-state index contributed by atoms with van der Waals surface area (Å²) in [5.41, 5.74) is 2.96. The van der Waals surface area contributed by atoms with Gasteiger partial charge in [-0.25, -0.2) is 4.39 Å². The highest BCUT2D eigenvalue weighted by Gasteiger charge is 2.48. The van der Waals surface area contributed by atoms with Gasteiger partial charge in [0, 0.05) is 18.2 Å². The van der Waals surface area contributed by atoms with Crippen LogP contribution in [0.2, 0.25) is 0 Å². The number of amides is 2. The van der Waals surface area contributed by atoms with Crippen molar-refractivity contribution in [2.75, 3.05) is 0 Å². The zero-order chi connectivity index (χ0) is 25.3. The lowest BCUT2D eigenvalue weighted by Crippen LogP contribution is -2.64. The summed E-state index contributed by atoms with van der Waals surface area (Å²) in [5.74, 6) is -0.756. The van der Waals surface area contributed by atoms with Gasteiger partial charge in [0.15, 0.2) is 0 Å². The van der Waals surface area contributed by atoms with Crippen molar-refractivity contribution in [3.05, 3.63) is 77.2 Å². The Morgan fingerprint density at radius 2 is 1.72 bits per heavy atom. The lowest BCUT2D eigenvalue weighted by Gasteiger charge is -2.44. The Morgan fingerprint density at radius 3 is 2.39 bits per heavy atom. The van der Waals surface area contributed by atoms with Gasteiger partial charge in [-0.3, -0.25) is 14.3 Å². The SMILES string of the molecule is CCc1ccc(-c2cc3n(n2)CC(C)(C(=O)NC2CCCCC2)N(Cc2ccc(F)cc2)C3=O)cc1. The second-order valence-corrected chi connectivity index (χ2v) is 10.2. The standard InChI is InChI=1S/C29H33FN4O2/c1-3-20-9-13-22(14-10-20)25-17-26-27(35)33(18-21-11-15-23(30)16-12-21)29(2,19-34(26)32-25)28(36)31-24-7-5-4-6-8-24/h9-17,24H,3-8,18-19H2,1-2H3,(H,31,36). The van der Waals surface area contributed by atoms with Crippen molar-refractivity contribution in [3.63, 3.8) is 0 Å². The maximum Gasteiger partial charge on any atom is 0.273 e. The van der Waals surface area contributed by atoms with Crippen molar-refractivity contribution >= 4 is 11.8 Å². The van der Waals surface area contributed by atoms with Crippen LogP contribution >= 0.6 is 0 Å². The summed E-state index contributed by atoms with van der Waals surface area (Å²) in [5, 5.41) is 7.97. The second kappa shape index (κ2) is 9.88. The molecule has 2 aliphatic rings. The number of hydrogen-bond donors (Lipinski definition) is 1. The number of hydrogen-bond acceptors (Lipinski definition) is 3. The van der Waals surface area contributed by atoms with Crippen LogP contribution in [0.4, 0.5) is 4.39 Å². The summed E-state index contributed by atoms with van der Waals surface area (Å²) in [6.45, 7) is 4.38. The van der Waals surface area contributed by atoms with Crippen molar-refractivity contribution in [1.82, 2.24) is 20.0 Å². The average molecular weight is 489 g/mol. The number of nitrogens with zero attached hydrogens (tertiary/aromatic N) is 3. The number of halogens is 1. The fourth-order valence-electron chi connectivity index (χ4n) is 5.30. The molecule has 2 amide bonds. The molecule has 188 valence electrons. The fourth-order valence-corrected chi connectivity index (χ4v) is 5.30. The van der Waals surface area contributed by atoms with E-state index in [-0.39, 0.29) is 36.8 Å². The van der Waals surface area contributed by atoms with E-state index in [1.165, 1.54) is 24.1 Å². The van der Waals surface area contributed by atoms with Gasteiger partial charge in [-0.05, 0) is 55.5 Å². The Morgan fingerprint density at radius 1 is 1.06 bits per heavy atom. The monoisotopic (exact) mass is 488 g/mol. The number of rotatable bonds is 6. The number of nitrogens with one attached hydrogen (secondary N) is 1. The molecule has 2 heterocycles. The zero-order valence-electron chi connectivity index (χ0n) is 21.0. The molecule has 1 unspecified atom stereocenters. The molecular formula is C29H33FN4O2. The molecule has 1 aromatic heterocycles. The summed E-state index contributed by atoms with van der Waals surface area (Å²) in [6, 6.07) is 16.2. The Hall–Kier alpha value is -3.48. The van der Waals surface area contributed by atoms with Crippen molar-refractivity contribution in [1.29, 1.82) is 0 Å². The molecule has 5 rings (SSSR count). The topological polar surface area (TPSA) is 67.2 Å². The zero-order valence-corrected chi connectivity index (χ0v) is 21.0. The highest BCUT2D eigenvalue weighted by atomic mass is 19.1. The van der Waals surface area contributed by atoms with Crippen LogP contribution < -0.4 is 5.32 Å². The second-order valence-electron chi connectivity index (χ2n) is 10.2. The van der Waals surface area contributed by atoms with E-state index in [0.717, 1.165) is 43.2 Å². The molecule has 0 saturated heterocycles. The van der Waals surface area contributed by atoms with Gasteiger partial charge < -0.3 is 10.2 Å². The van der Waals surface area contributed by atoms with Crippen LogP contribution in [-0.4, -0.2) is 38.1 Å². The maximum absolute atomic E-state index is 13.9. The average Bonchev–Trinajstić information content (AvgIpc) is 3.32. The lowest BCUT2D eigenvalue weighted by molar-refractivity contribution is -0.134. The molecule has 1 N–H and O–H groups in total. The molecule has 0 bridgehead atoms. The number of benzene rings is 2. The summed E-state index contributed by atoms with van der Waals surface area (Å²) in [6.07, 6.45) is 6.26. The first kappa shape index (κ1) is 24.2. The molecule has 1 saturated carbocycles. The highest BCUT2D eigenvalue weighted by molar-refractivity contribution is 6.00. The number of aromatic nitrogens is 2. The maximum atomic E-state index is 13.9. The Labute approximate surface area is 211 Å². The number of fused-ring (bicyclic) bond motifs is 1. The Kier molecular flexibility index (Phi) is 6.65. The van der Waals surface area contributed by atoms with E-state index in [0.29, 0.717) is 11.4 Å². The normalized spacial score (nSPS) is 20.3. The third-order valence-corrected chi connectivity index (χ3v) is 7.64. The number of carbonyl (C=O) groups is 2. The van der Waals surface area contributed by atoms with E-state index >= 15 is 0 Å². The fraction of sp³-hybridized carbons (Fsp3) is 0.414. The van der Waals surface area contributed by atoms with Gasteiger partial charge in [-0.15, -0.1) is 0 Å². The van der Waals surface area contributed by atoms with Gasteiger partial charge in [-0.2, -0.15) is 5.10 Å². The summed E-state index contributed by atoms with van der Waals surface area (Å²) >= 11 is 0. The quantitative estimate of drug-likeness (QED) is 0.524. The van der Waals surface area contributed by atoms with Gasteiger partial charge in [0.05, 0.1) is 12.2 Å². The molecule has 36 heavy (non-hydrogen) atoms. The third kappa shape index (κ3) is 4.66. The molecule has 0 radical (unpaired) electrons. The molecule has 0 spiro atoms. The van der Waals surface area contributed by atoms with E-state index < -0.39 is 5.54 Å². The minimum Gasteiger partial charge on any atom is -0.351 e. The molecule has 1 atom stereocenters. The smallest absolute Gasteiger partial charge is 0.273 e. The molecular weight excluding hydrogens is 455 g/mol. The molecule has 6 nitrogen and oxygen atoms in total. The van der Waals surface area contributed by atoms with E-state index in [9.17, 15) is 14.0 Å². The van der Waals surface area contributed by atoms with Crippen LogP contribution in [0, 0.1) is 5.82 Å². The van der Waals surface area contributed by atoms with Crippen molar-refractivity contribution in [3.8, 4) is 11.3 Å². The summed E-state index contributed by atoms with van der Waals surface area (Å²) < 4.78 is 15.2. The number of carbonyl (C=O) groups excluding carboxylic acids is 2. The van der Waals surface area contributed by atoms with Crippen molar-refractivity contribution < 1.29 is 14.0 Å². The van der Waals surface area contributed by atoms with E-state index in [1.54, 1.807) is 27.8 Å². The molecule has 7 heteroatoms. The minimum absolute atomic E-state index is 0.123. The van der Waals surface area contributed by atoms with Gasteiger partial charge in [0.2, 0.25) is 5.91 Å². The van der Waals surface area contributed by atoms with Gasteiger partial charge in [0.25, 0.3) is 5.91 Å². The Balaban J connectivity index is 1.49. The summed E-state index contributed by atoms with van der Waals surface area (Å²) in [4.78, 5) is 29.2. The molecule has 2 aromatic carbocycles. The van der Waals surface area contributed by atoms with E-state index in [2.05, 4.69) is 24.4 Å². The Bertz CT molecular complexity index is 1250. The van der Waals surface area contributed by atoms with Crippen LogP contribution in [0.1, 0.15) is 67.6 Å². The number of aryl methyl sites for hydroxylation is 1. The van der Waals surface area contributed by atoms with Crippen molar-refractivity contribution in [2.24, 2.45) is 0 Å². The summed E-state index contributed by atoms with van der Waals surface area (Å²) in [7, 11) is 0.